The highest BCUT2D eigenvalue weighted by Gasteiger charge is 2.22. The maximum atomic E-state index is 11.8. The number of carboxylic acid groups (broad SMARTS) is 1. The molecule has 2 N–H and O–H groups in total. The van der Waals surface area contributed by atoms with Crippen molar-refractivity contribution in [3.8, 4) is 0 Å². The van der Waals surface area contributed by atoms with Gasteiger partial charge in [0, 0.05) is 11.0 Å². The molecule has 5 nitrogen and oxygen atoms in total. The number of aliphatic carboxylic acids is 1. The van der Waals surface area contributed by atoms with E-state index in [4.69, 9.17) is 5.11 Å². The lowest BCUT2D eigenvalue weighted by atomic mass is 10.2. The van der Waals surface area contributed by atoms with Crippen molar-refractivity contribution < 1.29 is 19.8 Å². The first kappa shape index (κ1) is 15.4. The number of hydrogen-bond donors (Lipinski definition) is 2. The Kier molecular flexibility index (Phi) is 5.72. The first-order valence-electron chi connectivity index (χ1n) is 5.49. The third-order valence-electron chi connectivity index (χ3n) is 2.38. The summed E-state index contributed by atoms with van der Waals surface area (Å²) in [6.07, 6.45) is -0.329. The second-order valence-electron chi connectivity index (χ2n) is 3.90. The Morgan fingerprint density at radius 3 is 2.68 bits per heavy atom. The van der Waals surface area contributed by atoms with E-state index >= 15 is 0 Å². The molecule has 1 amide bonds. The van der Waals surface area contributed by atoms with Crippen LogP contribution in [0.1, 0.15) is 5.56 Å². The van der Waals surface area contributed by atoms with E-state index in [-0.39, 0.29) is 6.54 Å². The van der Waals surface area contributed by atoms with Crippen LogP contribution >= 0.6 is 15.9 Å². The first-order valence-corrected chi connectivity index (χ1v) is 6.29. The smallest absolute Gasteiger partial charge is 0.323 e. The zero-order valence-corrected chi connectivity index (χ0v) is 11.7. The molecule has 0 aliphatic heterocycles. The molecule has 0 aliphatic rings. The molecule has 1 unspecified atom stereocenters. The van der Waals surface area contributed by atoms with Crippen LogP contribution in [-0.2, 0) is 16.1 Å². The SMILES string of the molecule is C=CC(O)C(=O)N(CC(=O)O)Cc1cccc(Br)c1. The van der Waals surface area contributed by atoms with E-state index < -0.39 is 24.5 Å². The van der Waals surface area contributed by atoms with Crippen molar-refractivity contribution in [3.05, 3.63) is 47.0 Å². The van der Waals surface area contributed by atoms with E-state index in [1.165, 1.54) is 0 Å². The van der Waals surface area contributed by atoms with E-state index in [0.717, 1.165) is 21.0 Å². The zero-order chi connectivity index (χ0) is 14.4. The number of carbonyl (C=O) groups is 2. The predicted octanol–water partition coefficient (Wildman–Crippen LogP) is 1.41. The monoisotopic (exact) mass is 327 g/mol. The van der Waals surface area contributed by atoms with Crippen molar-refractivity contribution in [1.82, 2.24) is 4.90 Å². The number of hydrogen-bond acceptors (Lipinski definition) is 3. The third-order valence-corrected chi connectivity index (χ3v) is 2.87. The molecule has 19 heavy (non-hydrogen) atoms. The van der Waals surface area contributed by atoms with Crippen LogP contribution < -0.4 is 0 Å². The normalized spacial score (nSPS) is 11.7. The van der Waals surface area contributed by atoms with Crippen molar-refractivity contribution in [2.45, 2.75) is 12.6 Å². The predicted molar refractivity (Wildman–Crippen MR) is 73.4 cm³/mol. The number of benzene rings is 1. The molecule has 0 fully saturated rings. The molecule has 0 spiro atoms. The van der Waals surface area contributed by atoms with Gasteiger partial charge in [0.1, 0.15) is 6.54 Å². The zero-order valence-electron chi connectivity index (χ0n) is 10.1. The summed E-state index contributed by atoms with van der Waals surface area (Å²) in [6.45, 7) is 2.94. The number of rotatable bonds is 6. The van der Waals surface area contributed by atoms with Crippen molar-refractivity contribution in [1.29, 1.82) is 0 Å². The summed E-state index contributed by atoms with van der Waals surface area (Å²) in [5, 5.41) is 18.2. The lowest BCUT2D eigenvalue weighted by molar-refractivity contribution is -0.147. The number of carbonyl (C=O) groups excluding carboxylic acids is 1. The van der Waals surface area contributed by atoms with E-state index in [2.05, 4.69) is 22.5 Å². The van der Waals surface area contributed by atoms with Gasteiger partial charge in [-0.1, -0.05) is 40.7 Å². The van der Waals surface area contributed by atoms with Gasteiger partial charge in [-0.05, 0) is 17.7 Å². The van der Waals surface area contributed by atoms with Gasteiger partial charge in [-0.25, -0.2) is 0 Å². The summed E-state index contributed by atoms with van der Waals surface area (Å²) in [6, 6.07) is 7.16. The average Bonchev–Trinajstić information content (AvgIpc) is 2.35. The van der Waals surface area contributed by atoms with Gasteiger partial charge in [-0.3, -0.25) is 9.59 Å². The van der Waals surface area contributed by atoms with Gasteiger partial charge in [0.2, 0.25) is 0 Å². The average molecular weight is 328 g/mol. The van der Waals surface area contributed by atoms with Crippen molar-refractivity contribution in [2.24, 2.45) is 0 Å². The Hall–Kier alpha value is -1.66. The van der Waals surface area contributed by atoms with Gasteiger partial charge in [0.25, 0.3) is 5.91 Å². The number of carboxylic acids is 1. The van der Waals surface area contributed by atoms with Gasteiger partial charge in [-0.2, -0.15) is 0 Å². The molecule has 0 saturated heterocycles. The number of halogens is 1. The van der Waals surface area contributed by atoms with Gasteiger partial charge in [0.15, 0.2) is 6.10 Å². The third kappa shape index (κ3) is 4.84. The summed E-state index contributed by atoms with van der Waals surface area (Å²) in [5.74, 6) is -1.82. The van der Waals surface area contributed by atoms with Crippen LogP contribution in [0.25, 0.3) is 0 Å². The van der Waals surface area contributed by atoms with Crippen LogP contribution in [0.15, 0.2) is 41.4 Å². The summed E-state index contributed by atoms with van der Waals surface area (Å²) < 4.78 is 0.831. The van der Waals surface area contributed by atoms with Crippen LogP contribution in [0.3, 0.4) is 0 Å². The van der Waals surface area contributed by atoms with E-state index in [9.17, 15) is 14.7 Å². The molecule has 1 aromatic carbocycles. The van der Waals surface area contributed by atoms with Gasteiger partial charge in [0.05, 0.1) is 0 Å². The topological polar surface area (TPSA) is 77.8 Å². The minimum absolute atomic E-state index is 0.107. The van der Waals surface area contributed by atoms with E-state index in [0.29, 0.717) is 0 Å². The molecule has 0 heterocycles. The standard InChI is InChI=1S/C13H14BrNO4/c1-2-11(16)13(19)15(8-12(17)18)7-9-4-3-5-10(14)6-9/h2-6,11,16H,1,7-8H2,(H,17,18). The molecular weight excluding hydrogens is 314 g/mol. The Morgan fingerprint density at radius 1 is 1.47 bits per heavy atom. The van der Waals surface area contributed by atoms with Crippen LogP contribution in [-0.4, -0.2) is 39.6 Å². The highest BCUT2D eigenvalue weighted by atomic mass is 79.9. The summed E-state index contributed by atoms with van der Waals surface area (Å²) in [4.78, 5) is 23.7. The maximum Gasteiger partial charge on any atom is 0.323 e. The van der Waals surface area contributed by atoms with E-state index in [1.54, 1.807) is 18.2 Å². The molecule has 0 saturated carbocycles. The molecule has 0 aliphatic carbocycles. The molecule has 6 heteroatoms. The number of nitrogens with zero attached hydrogens (tertiary/aromatic N) is 1. The number of amides is 1. The van der Waals surface area contributed by atoms with Crippen LogP contribution in [0.4, 0.5) is 0 Å². The maximum absolute atomic E-state index is 11.8. The molecule has 0 bridgehead atoms. The molecule has 0 aromatic heterocycles. The number of aliphatic hydroxyl groups is 1. The second-order valence-corrected chi connectivity index (χ2v) is 4.81. The summed E-state index contributed by atoms with van der Waals surface area (Å²) in [5.41, 5.74) is 0.764. The van der Waals surface area contributed by atoms with E-state index in [1.807, 2.05) is 6.07 Å². The van der Waals surface area contributed by atoms with Crippen LogP contribution in [0, 0.1) is 0 Å². The summed E-state index contributed by atoms with van der Waals surface area (Å²) in [7, 11) is 0. The Labute approximate surface area is 119 Å². The second kappa shape index (κ2) is 7.06. The number of aliphatic hydroxyl groups excluding tert-OH is 1. The van der Waals surface area contributed by atoms with Crippen LogP contribution in [0.5, 0.6) is 0 Å². The fourth-order valence-electron chi connectivity index (χ4n) is 1.52. The quantitative estimate of drug-likeness (QED) is 0.774. The Balaban J connectivity index is 2.88. The van der Waals surface area contributed by atoms with Crippen molar-refractivity contribution in [3.63, 3.8) is 0 Å². The highest BCUT2D eigenvalue weighted by molar-refractivity contribution is 9.10. The fraction of sp³-hybridized carbons (Fsp3) is 0.231. The molecule has 1 atom stereocenters. The minimum atomic E-state index is -1.40. The molecule has 0 radical (unpaired) electrons. The van der Waals surface area contributed by atoms with Gasteiger partial charge < -0.3 is 15.1 Å². The molecule has 1 rings (SSSR count). The van der Waals surface area contributed by atoms with Crippen molar-refractivity contribution in [2.75, 3.05) is 6.54 Å². The van der Waals surface area contributed by atoms with Crippen molar-refractivity contribution >= 4 is 27.8 Å². The largest absolute Gasteiger partial charge is 0.480 e. The summed E-state index contributed by atoms with van der Waals surface area (Å²) >= 11 is 3.30. The molecule has 102 valence electrons. The lowest BCUT2D eigenvalue weighted by Crippen LogP contribution is -2.40. The minimum Gasteiger partial charge on any atom is -0.480 e. The van der Waals surface area contributed by atoms with Gasteiger partial charge >= 0.3 is 5.97 Å². The van der Waals surface area contributed by atoms with Gasteiger partial charge in [-0.15, -0.1) is 0 Å². The Bertz CT molecular complexity index is 489. The lowest BCUT2D eigenvalue weighted by Gasteiger charge is -2.22. The molecule has 1 aromatic rings. The molecular formula is C13H14BrNO4. The Morgan fingerprint density at radius 2 is 2.16 bits per heavy atom. The fourth-order valence-corrected chi connectivity index (χ4v) is 1.97. The van der Waals surface area contributed by atoms with Crippen LogP contribution in [0.2, 0.25) is 0 Å². The first-order chi connectivity index (χ1) is 8.93. The highest BCUT2D eigenvalue weighted by Crippen LogP contribution is 2.14.